The molecule has 0 fully saturated rings. The number of hydrogen-bond acceptors (Lipinski definition) is 2. The van der Waals surface area contributed by atoms with Gasteiger partial charge in [0.05, 0.1) is 0 Å². The fourth-order valence-electron chi connectivity index (χ4n) is 1.47. The number of carboxylic acids is 1. The van der Waals surface area contributed by atoms with Gasteiger partial charge in [0, 0.05) is 23.4 Å². The number of rotatable bonds is 5. The molecular weight excluding hydrogens is 228 g/mol. The molecule has 0 unspecified atom stereocenters. The maximum absolute atomic E-state index is 11.7. The number of hydrogen-bond donors (Lipinski definition) is 1. The van der Waals surface area contributed by atoms with Crippen LogP contribution in [0.5, 0.6) is 0 Å². The first-order chi connectivity index (χ1) is 7.49. The third-order valence-electron chi connectivity index (χ3n) is 2.20. The van der Waals surface area contributed by atoms with E-state index in [4.69, 9.17) is 16.7 Å². The second-order valence-electron chi connectivity index (χ2n) is 3.84. The van der Waals surface area contributed by atoms with Crippen LogP contribution in [0.4, 0.5) is 0 Å². The summed E-state index contributed by atoms with van der Waals surface area (Å²) in [5.41, 5.74) is 0.532. The molecule has 0 saturated carbocycles. The fourth-order valence-corrected chi connectivity index (χ4v) is 1.66. The highest BCUT2D eigenvalue weighted by Gasteiger charge is 2.14. The van der Waals surface area contributed by atoms with Crippen LogP contribution in [-0.2, 0) is 4.79 Å². The van der Waals surface area contributed by atoms with Gasteiger partial charge < -0.3 is 5.11 Å². The van der Waals surface area contributed by atoms with Crippen molar-refractivity contribution in [3.05, 3.63) is 34.9 Å². The first-order valence-corrected chi connectivity index (χ1v) is 5.37. The molecule has 1 rings (SSSR count). The Hall–Kier alpha value is -1.35. The number of carbonyl (C=O) groups is 2. The Kier molecular flexibility index (Phi) is 4.50. The number of benzene rings is 1. The highest BCUT2D eigenvalue weighted by molar-refractivity contribution is 6.31. The summed E-state index contributed by atoms with van der Waals surface area (Å²) in [5, 5.41) is 9.09. The lowest BCUT2D eigenvalue weighted by atomic mass is 9.97. The van der Waals surface area contributed by atoms with Gasteiger partial charge in [-0.1, -0.05) is 30.7 Å². The monoisotopic (exact) mass is 240 g/mol. The maximum Gasteiger partial charge on any atom is 0.303 e. The van der Waals surface area contributed by atoms with E-state index in [1.165, 1.54) is 0 Å². The number of halogens is 1. The van der Waals surface area contributed by atoms with Crippen LogP contribution in [0.15, 0.2) is 24.3 Å². The Morgan fingerprint density at radius 1 is 1.38 bits per heavy atom. The average Bonchev–Trinajstić information content (AvgIpc) is 2.16. The van der Waals surface area contributed by atoms with Gasteiger partial charge in [-0.25, -0.2) is 0 Å². The van der Waals surface area contributed by atoms with Crippen molar-refractivity contribution in [2.75, 3.05) is 0 Å². The van der Waals surface area contributed by atoms with Gasteiger partial charge in [-0.05, 0) is 18.1 Å². The van der Waals surface area contributed by atoms with Gasteiger partial charge in [-0.15, -0.1) is 0 Å². The normalized spacial score (nSPS) is 12.1. The van der Waals surface area contributed by atoms with Gasteiger partial charge in [-0.3, -0.25) is 9.59 Å². The Morgan fingerprint density at radius 3 is 2.62 bits per heavy atom. The van der Waals surface area contributed by atoms with Crippen molar-refractivity contribution in [2.24, 2.45) is 5.92 Å². The summed E-state index contributed by atoms with van der Waals surface area (Å²) in [6.45, 7) is 1.75. The molecule has 3 nitrogen and oxygen atoms in total. The number of Topliss-reactive ketones (excluding diaryl/α,β-unsaturated/α-hetero) is 1. The van der Waals surface area contributed by atoms with Gasteiger partial charge >= 0.3 is 5.97 Å². The largest absolute Gasteiger partial charge is 0.481 e. The van der Waals surface area contributed by atoms with E-state index in [2.05, 4.69) is 0 Å². The number of aliphatic carboxylic acids is 1. The van der Waals surface area contributed by atoms with Crippen LogP contribution in [0.2, 0.25) is 5.02 Å². The molecule has 1 N–H and O–H groups in total. The van der Waals surface area contributed by atoms with E-state index < -0.39 is 5.97 Å². The van der Waals surface area contributed by atoms with E-state index in [0.717, 1.165) is 0 Å². The standard InChI is InChI=1S/C12H13ClO3/c1-8(6-12(15)16)5-11(14)9-3-2-4-10(13)7-9/h2-4,7-8H,5-6H2,1H3,(H,15,16)/t8-/m0/s1. The molecule has 0 heterocycles. The second-order valence-corrected chi connectivity index (χ2v) is 4.28. The van der Waals surface area contributed by atoms with Gasteiger partial charge in [-0.2, -0.15) is 0 Å². The van der Waals surface area contributed by atoms with Gasteiger partial charge in [0.25, 0.3) is 0 Å². The van der Waals surface area contributed by atoms with Crippen molar-refractivity contribution in [3.8, 4) is 0 Å². The predicted octanol–water partition coefficient (Wildman–Crippen LogP) is 3.02. The lowest BCUT2D eigenvalue weighted by molar-refractivity contribution is -0.137. The molecule has 0 aliphatic heterocycles. The van der Waals surface area contributed by atoms with E-state index in [1.54, 1.807) is 31.2 Å². The molecule has 0 radical (unpaired) electrons. The average molecular weight is 241 g/mol. The minimum atomic E-state index is -0.883. The lowest BCUT2D eigenvalue weighted by Crippen LogP contribution is -2.10. The Balaban J connectivity index is 2.62. The number of ketones is 1. The second kappa shape index (κ2) is 5.66. The molecule has 1 aromatic rings. The molecule has 0 spiro atoms. The smallest absolute Gasteiger partial charge is 0.303 e. The molecular formula is C12H13ClO3. The zero-order valence-corrected chi connectivity index (χ0v) is 9.70. The van der Waals surface area contributed by atoms with Crippen molar-refractivity contribution in [2.45, 2.75) is 19.8 Å². The highest BCUT2D eigenvalue weighted by Crippen LogP contribution is 2.16. The fraction of sp³-hybridized carbons (Fsp3) is 0.333. The topological polar surface area (TPSA) is 54.4 Å². The quantitative estimate of drug-likeness (QED) is 0.805. The van der Waals surface area contributed by atoms with Crippen LogP contribution in [-0.4, -0.2) is 16.9 Å². The molecule has 16 heavy (non-hydrogen) atoms. The molecule has 86 valence electrons. The molecule has 0 amide bonds. The van der Waals surface area contributed by atoms with Crippen molar-refractivity contribution >= 4 is 23.4 Å². The molecule has 4 heteroatoms. The van der Waals surface area contributed by atoms with Crippen molar-refractivity contribution < 1.29 is 14.7 Å². The van der Waals surface area contributed by atoms with Crippen molar-refractivity contribution in [3.63, 3.8) is 0 Å². The summed E-state index contributed by atoms with van der Waals surface area (Å²) in [6, 6.07) is 6.68. The first-order valence-electron chi connectivity index (χ1n) is 4.99. The van der Waals surface area contributed by atoms with Crippen LogP contribution >= 0.6 is 11.6 Å². The minimum Gasteiger partial charge on any atom is -0.481 e. The van der Waals surface area contributed by atoms with Crippen LogP contribution in [0.3, 0.4) is 0 Å². The van der Waals surface area contributed by atoms with E-state index in [-0.39, 0.29) is 24.5 Å². The summed E-state index contributed by atoms with van der Waals surface area (Å²) in [4.78, 5) is 22.2. The third kappa shape index (κ3) is 4.03. The van der Waals surface area contributed by atoms with Crippen molar-refractivity contribution in [1.82, 2.24) is 0 Å². The minimum absolute atomic E-state index is 0.00626. The molecule has 1 aromatic carbocycles. The summed E-state index contributed by atoms with van der Waals surface area (Å²) in [7, 11) is 0. The summed E-state index contributed by atoms with van der Waals surface area (Å²) < 4.78 is 0. The maximum atomic E-state index is 11.7. The van der Waals surface area contributed by atoms with E-state index in [0.29, 0.717) is 10.6 Å². The van der Waals surface area contributed by atoms with Crippen LogP contribution in [0, 0.1) is 5.92 Å². The Labute approximate surface area is 99.0 Å². The van der Waals surface area contributed by atoms with Crippen LogP contribution < -0.4 is 0 Å². The highest BCUT2D eigenvalue weighted by atomic mass is 35.5. The Bertz CT molecular complexity index is 401. The molecule has 0 bridgehead atoms. The first kappa shape index (κ1) is 12.7. The summed E-state index contributed by atoms with van der Waals surface area (Å²) in [5.74, 6) is -1.12. The van der Waals surface area contributed by atoms with E-state index in [1.807, 2.05) is 0 Å². The zero-order valence-electron chi connectivity index (χ0n) is 8.94. The van der Waals surface area contributed by atoms with Crippen LogP contribution in [0.1, 0.15) is 30.1 Å². The predicted molar refractivity (Wildman–Crippen MR) is 61.8 cm³/mol. The van der Waals surface area contributed by atoms with Gasteiger partial charge in [0.1, 0.15) is 0 Å². The van der Waals surface area contributed by atoms with Gasteiger partial charge in [0.15, 0.2) is 5.78 Å². The molecule has 0 aromatic heterocycles. The Morgan fingerprint density at radius 2 is 2.06 bits per heavy atom. The number of carboxylic acid groups (broad SMARTS) is 1. The van der Waals surface area contributed by atoms with Crippen LogP contribution in [0.25, 0.3) is 0 Å². The van der Waals surface area contributed by atoms with E-state index in [9.17, 15) is 9.59 Å². The molecule has 1 atom stereocenters. The molecule has 0 aliphatic rings. The molecule has 0 saturated heterocycles. The third-order valence-corrected chi connectivity index (χ3v) is 2.44. The zero-order chi connectivity index (χ0) is 12.1. The van der Waals surface area contributed by atoms with Crippen molar-refractivity contribution in [1.29, 1.82) is 0 Å². The number of carbonyl (C=O) groups excluding carboxylic acids is 1. The SMILES string of the molecule is C[C@H](CC(=O)O)CC(=O)c1cccc(Cl)c1. The summed E-state index contributed by atoms with van der Waals surface area (Å²) in [6.07, 6.45) is 0.235. The molecule has 0 aliphatic carbocycles. The van der Waals surface area contributed by atoms with E-state index >= 15 is 0 Å². The summed E-state index contributed by atoms with van der Waals surface area (Å²) >= 11 is 5.76. The lowest BCUT2D eigenvalue weighted by Gasteiger charge is -2.07. The van der Waals surface area contributed by atoms with Gasteiger partial charge in [0.2, 0.25) is 0 Å².